The number of halogens is 1. The normalized spacial score (nSPS) is 10.6. The van der Waals surface area contributed by atoms with E-state index in [2.05, 4.69) is 0 Å². The molecule has 0 aliphatic heterocycles. The minimum atomic E-state index is 0.0397. The quantitative estimate of drug-likeness (QED) is 0.724. The minimum Gasteiger partial charge on any atom is -0.349 e. The van der Waals surface area contributed by atoms with Crippen LogP contribution in [0.2, 0.25) is 5.02 Å². The standard InChI is InChI=1S/C19H18ClN3O/c1-22(2)18(24)12-15-13-23(17-6-4-3-5-7-17)21-19(15)14-8-10-16(20)11-9-14/h3-11,13H,12H2,1-2H3. The van der Waals surface area contributed by atoms with Crippen molar-refractivity contribution in [1.29, 1.82) is 0 Å². The third kappa shape index (κ3) is 3.49. The number of para-hydroxylation sites is 1. The van der Waals surface area contributed by atoms with Gasteiger partial charge in [-0.2, -0.15) is 5.10 Å². The van der Waals surface area contributed by atoms with Gasteiger partial charge >= 0.3 is 0 Å². The smallest absolute Gasteiger partial charge is 0.226 e. The lowest BCUT2D eigenvalue weighted by Crippen LogP contribution is -2.23. The Morgan fingerprint density at radius 3 is 2.38 bits per heavy atom. The van der Waals surface area contributed by atoms with E-state index in [4.69, 9.17) is 16.7 Å². The highest BCUT2D eigenvalue weighted by molar-refractivity contribution is 6.30. The maximum Gasteiger partial charge on any atom is 0.226 e. The zero-order chi connectivity index (χ0) is 17.1. The highest BCUT2D eigenvalue weighted by atomic mass is 35.5. The highest BCUT2D eigenvalue weighted by Crippen LogP contribution is 2.26. The molecule has 0 N–H and O–H groups in total. The average Bonchev–Trinajstić information content (AvgIpc) is 3.00. The maximum atomic E-state index is 12.2. The first kappa shape index (κ1) is 16.3. The zero-order valence-corrected chi connectivity index (χ0v) is 14.4. The van der Waals surface area contributed by atoms with E-state index in [1.54, 1.807) is 19.0 Å². The second kappa shape index (κ2) is 6.89. The Morgan fingerprint density at radius 1 is 1.08 bits per heavy atom. The van der Waals surface area contributed by atoms with Crippen molar-refractivity contribution in [2.24, 2.45) is 0 Å². The van der Waals surface area contributed by atoms with Gasteiger partial charge in [0.05, 0.1) is 17.8 Å². The van der Waals surface area contributed by atoms with Crippen LogP contribution < -0.4 is 0 Å². The fourth-order valence-electron chi connectivity index (χ4n) is 2.42. The van der Waals surface area contributed by atoms with Gasteiger partial charge < -0.3 is 4.90 Å². The first-order valence-electron chi connectivity index (χ1n) is 7.64. The van der Waals surface area contributed by atoms with Crippen molar-refractivity contribution in [3.05, 3.63) is 71.4 Å². The van der Waals surface area contributed by atoms with Crippen LogP contribution in [-0.2, 0) is 11.2 Å². The van der Waals surface area contributed by atoms with E-state index in [1.807, 2.05) is 65.5 Å². The van der Waals surface area contributed by atoms with Crippen LogP contribution in [0.25, 0.3) is 16.9 Å². The molecule has 0 saturated carbocycles. The molecule has 122 valence electrons. The van der Waals surface area contributed by atoms with Crippen molar-refractivity contribution < 1.29 is 4.79 Å². The van der Waals surface area contributed by atoms with Crippen LogP contribution in [0, 0.1) is 0 Å². The second-order valence-electron chi connectivity index (χ2n) is 5.75. The van der Waals surface area contributed by atoms with Gasteiger partial charge in [0.2, 0.25) is 5.91 Å². The molecule has 1 aromatic heterocycles. The number of rotatable bonds is 4. The Balaban J connectivity index is 2.06. The van der Waals surface area contributed by atoms with Gasteiger partial charge in [0.15, 0.2) is 0 Å². The van der Waals surface area contributed by atoms with Gasteiger partial charge in [-0.15, -0.1) is 0 Å². The Morgan fingerprint density at radius 2 is 1.75 bits per heavy atom. The van der Waals surface area contributed by atoms with E-state index >= 15 is 0 Å². The van der Waals surface area contributed by atoms with E-state index in [-0.39, 0.29) is 5.91 Å². The largest absolute Gasteiger partial charge is 0.349 e. The summed E-state index contributed by atoms with van der Waals surface area (Å²) in [4.78, 5) is 13.8. The molecule has 4 nitrogen and oxygen atoms in total. The lowest BCUT2D eigenvalue weighted by atomic mass is 10.1. The molecule has 0 fully saturated rings. The van der Waals surface area contributed by atoms with Gasteiger partial charge in [-0.3, -0.25) is 4.79 Å². The summed E-state index contributed by atoms with van der Waals surface area (Å²) in [5.74, 6) is 0.0397. The van der Waals surface area contributed by atoms with Crippen molar-refractivity contribution in [1.82, 2.24) is 14.7 Å². The Kier molecular flexibility index (Phi) is 4.67. The number of nitrogens with zero attached hydrogens (tertiary/aromatic N) is 3. The van der Waals surface area contributed by atoms with Crippen LogP contribution in [-0.4, -0.2) is 34.7 Å². The molecule has 0 aliphatic carbocycles. The fourth-order valence-corrected chi connectivity index (χ4v) is 2.55. The van der Waals surface area contributed by atoms with Gasteiger partial charge in [0, 0.05) is 36.4 Å². The number of likely N-dealkylation sites (N-methyl/N-ethyl adjacent to an activating group) is 1. The molecule has 2 aromatic carbocycles. The molecule has 0 saturated heterocycles. The van der Waals surface area contributed by atoms with E-state index in [0.29, 0.717) is 11.4 Å². The summed E-state index contributed by atoms with van der Waals surface area (Å²) in [5.41, 5.74) is 3.58. The van der Waals surface area contributed by atoms with E-state index in [0.717, 1.165) is 22.5 Å². The summed E-state index contributed by atoms with van der Waals surface area (Å²) < 4.78 is 1.81. The number of carbonyl (C=O) groups is 1. The predicted molar refractivity (Wildman–Crippen MR) is 96.4 cm³/mol. The Hall–Kier alpha value is -2.59. The summed E-state index contributed by atoms with van der Waals surface area (Å²) in [6.07, 6.45) is 2.22. The molecule has 3 aromatic rings. The summed E-state index contributed by atoms with van der Waals surface area (Å²) in [6, 6.07) is 17.3. The first-order valence-corrected chi connectivity index (χ1v) is 8.02. The van der Waals surface area contributed by atoms with Crippen LogP contribution in [0.5, 0.6) is 0 Å². The SMILES string of the molecule is CN(C)C(=O)Cc1cn(-c2ccccc2)nc1-c1ccc(Cl)cc1. The third-order valence-corrected chi connectivity index (χ3v) is 4.02. The number of hydrogen-bond donors (Lipinski definition) is 0. The predicted octanol–water partition coefficient (Wildman–Crippen LogP) is 3.82. The summed E-state index contributed by atoms with van der Waals surface area (Å²) in [6.45, 7) is 0. The monoisotopic (exact) mass is 339 g/mol. The highest BCUT2D eigenvalue weighted by Gasteiger charge is 2.16. The molecular formula is C19H18ClN3O. The molecule has 0 spiro atoms. The van der Waals surface area contributed by atoms with Crippen LogP contribution in [0.15, 0.2) is 60.8 Å². The molecule has 0 bridgehead atoms. The maximum absolute atomic E-state index is 12.2. The second-order valence-corrected chi connectivity index (χ2v) is 6.19. The lowest BCUT2D eigenvalue weighted by molar-refractivity contribution is -0.127. The third-order valence-electron chi connectivity index (χ3n) is 3.77. The molecule has 3 rings (SSSR count). The number of benzene rings is 2. The van der Waals surface area contributed by atoms with Gasteiger partial charge in [-0.25, -0.2) is 4.68 Å². The van der Waals surface area contributed by atoms with Gasteiger partial charge in [0.25, 0.3) is 0 Å². The van der Waals surface area contributed by atoms with Crippen molar-refractivity contribution in [3.8, 4) is 16.9 Å². The van der Waals surface area contributed by atoms with Gasteiger partial charge in [0.1, 0.15) is 0 Å². The van der Waals surface area contributed by atoms with Crippen molar-refractivity contribution in [3.63, 3.8) is 0 Å². The van der Waals surface area contributed by atoms with Crippen LogP contribution >= 0.6 is 11.6 Å². The number of carbonyl (C=O) groups excluding carboxylic acids is 1. The molecular weight excluding hydrogens is 322 g/mol. The summed E-state index contributed by atoms with van der Waals surface area (Å²) >= 11 is 5.98. The Labute approximate surface area is 146 Å². The zero-order valence-electron chi connectivity index (χ0n) is 13.6. The van der Waals surface area contributed by atoms with E-state index < -0.39 is 0 Å². The average molecular weight is 340 g/mol. The molecule has 1 heterocycles. The molecule has 0 atom stereocenters. The van der Waals surface area contributed by atoms with Crippen LogP contribution in [0.3, 0.4) is 0 Å². The molecule has 24 heavy (non-hydrogen) atoms. The molecule has 5 heteroatoms. The minimum absolute atomic E-state index is 0.0397. The molecule has 1 amide bonds. The number of amides is 1. The van der Waals surface area contributed by atoms with Crippen molar-refractivity contribution in [2.75, 3.05) is 14.1 Å². The van der Waals surface area contributed by atoms with Gasteiger partial charge in [-0.1, -0.05) is 41.9 Å². The van der Waals surface area contributed by atoms with E-state index in [9.17, 15) is 4.79 Å². The van der Waals surface area contributed by atoms with Crippen molar-refractivity contribution in [2.45, 2.75) is 6.42 Å². The van der Waals surface area contributed by atoms with Crippen LogP contribution in [0.4, 0.5) is 0 Å². The fraction of sp³-hybridized carbons (Fsp3) is 0.158. The number of aromatic nitrogens is 2. The first-order chi connectivity index (χ1) is 11.5. The van der Waals surface area contributed by atoms with Gasteiger partial charge in [-0.05, 0) is 24.3 Å². The van der Waals surface area contributed by atoms with E-state index in [1.165, 1.54) is 0 Å². The Bertz CT molecular complexity index is 839. The molecule has 0 radical (unpaired) electrons. The molecule has 0 aliphatic rings. The summed E-state index contributed by atoms with van der Waals surface area (Å²) in [5, 5.41) is 5.37. The lowest BCUT2D eigenvalue weighted by Gasteiger charge is -2.09. The topological polar surface area (TPSA) is 38.1 Å². The molecule has 0 unspecified atom stereocenters. The number of hydrogen-bond acceptors (Lipinski definition) is 2. The summed E-state index contributed by atoms with van der Waals surface area (Å²) in [7, 11) is 3.51. The van der Waals surface area contributed by atoms with Crippen molar-refractivity contribution >= 4 is 17.5 Å². The van der Waals surface area contributed by atoms with Crippen LogP contribution in [0.1, 0.15) is 5.56 Å².